The number of halogens is 3. The molecule has 0 amide bonds. The molecule has 0 bridgehead atoms. The Hall–Kier alpha value is -3.07. The maximum atomic E-state index is 12.8. The standard InChI is InChI=1S/C18H12F3NO4S/c19-18(20,21)27(23,24)16-6-2-1-5-15(16)25-13-8-10-14(11-9-13)26-17-7-3-4-12-22-17/h1-12H. The number of ether oxygens (including phenoxy) is 2. The monoisotopic (exact) mass is 395 g/mol. The molecule has 5 nitrogen and oxygen atoms in total. The van der Waals surface area contributed by atoms with Crippen LogP contribution in [-0.2, 0) is 9.84 Å². The van der Waals surface area contributed by atoms with E-state index in [0.29, 0.717) is 11.6 Å². The first-order valence-corrected chi connectivity index (χ1v) is 9.03. The van der Waals surface area contributed by atoms with E-state index in [4.69, 9.17) is 9.47 Å². The molecule has 0 aliphatic heterocycles. The van der Waals surface area contributed by atoms with Gasteiger partial charge in [-0.05, 0) is 42.5 Å². The van der Waals surface area contributed by atoms with Crippen molar-refractivity contribution in [1.29, 1.82) is 0 Å². The van der Waals surface area contributed by atoms with Crippen LogP contribution in [0.25, 0.3) is 0 Å². The summed E-state index contributed by atoms with van der Waals surface area (Å²) >= 11 is 0. The smallest absolute Gasteiger partial charge is 0.456 e. The lowest BCUT2D eigenvalue weighted by molar-refractivity contribution is -0.0436. The number of hydrogen-bond acceptors (Lipinski definition) is 5. The third-order valence-electron chi connectivity index (χ3n) is 3.36. The highest BCUT2D eigenvalue weighted by Crippen LogP contribution is 2.37. The van der Waals surface area contributed by atoms with Crippen LogP contribution in [0.2, 0.25) is 0 Å². The molecule has 1 aromatic heterocycles. The molecular weight excluding hydrogens is 383 g/mol. The second kappa shape index (κ2) is 7.28. The number of rotatable bonds is 5. The molecule has 0 atom stereocenters. The van der Waals surface area contributed by atoms with Crippen molar-refractivity contribution in [3.63, 3.8) is 0 Å². The van der Waals surface area contributed by atoms with Crippen LogP contribution in [0.3, 0.4) is 0 Å². The fraction of sp³-hybridized carbons (Fsp3) is 0.0556. The van der Waals surface area contributed by atoms with Gasteiger partial charge in [0, 0.05) is 12.3 Å². The van der Waals surface area contributed by atoms with Crippen LogP contribution in [-0.4, -0.2) is 18.9 Å². The van der Waals surface area contributed by atoms with Crippen LogP contribution in [0.5, 0.6) is 23.1 Å². The molecule has 0 N–H and O–H groups in total. The zero-order valence-electron chi connectivity index (χ0n) is 13.6. The molecule has 0 unspecified atom stereocenters. The van der Waals surface area contributed by atoms with Gasteiger partial charge in [-0.2, -0.15) is 13.2 Å². The summed E-state index contributed by atoms with van der Waals surface area (Å²) in [6.45, 7) is 0. The van der Waals surface area contributed by atoms with Gasteiger partial charge in [0.25, 0.3) is 9.84 Å². The Morgan fingerprint density at radius 1 is 0.778 bits per heavy atom. The maximum Gasteiger partial charge on any atom is 0.502 e. The fourth-order valence-electron chi connectivity index (χ4n) is 2.11. The molecular formula is C18H12F3NO4S. The van der Waals surface area contributed by atoms with Gasteiger partial charge >= 0.3 is 5.51 Å². The number of benzene rings is 2. The Bertz CT molecular complexity index is 1020. The number of alkyl halides is 3. The molecule has 27 heavy (non-hydrogen) atoms. The minimum atomic E-state index is -5.53. The van der Waals surface area contributed by atoms with Crippen molar-refractivity contribution in [2.75, 3.05) is 0 Å². The van der Waals surface area contributed by atoms with Gasteiger partial charge < -0.3 is 9.47 Å². The topological polar surface area (TPSA) is 65.5 Å². The molecule has 0 saturated heterocycles. The summed E-state index contributed by atoms with van der Waals surface area (Å²) in [6, 6.07) is 15.6. The second-order valence-electron chi connectivity index (χ2n) is 5.24. The van der Waals surface area contributed by atoms with Crippen molar-refractivity contribution in [2.24, 2.45) is 0 Å². The molecule has 1 heterocycles. The summed E-state index contributed by atoms with van der Waals surface area (Å²) in [5.74, 6) is 0.520. The Kier molecular flexibility index (Phi) is 5.04. The van der Waals surface area contributed by atoms with Gasteiger partial charge in [0.15, 0.2) is 0 Å². The third-order valence-corrected chi connectivity index (χ3v) is 4.88. The fourth-order valence-corrected chi connectivity index (χ4v) is 2.99. The lowest BCUT2D eigenvalue weighted by Crippen LogP contribution is -2.23. The number of nitrogens with zero attached hydrogens (tertiary/aromatic N) is 1. The number of sulfone groups is 1. The van der Waals surface area contributed by atoms with Crippen molar-refractivity contribution in [3.05, 3.63) is 72.9 Å². The molecule has 3 aromatic rings. The summed E-state index contributed by atoms with van der Waals surface area (Å²) in [4.78, 5) is 3.05. The molecule has 3 rings (SSSR count). The Labute approximate surface area is 152 Å². The van der Waals surface area contributed by atoms with Gasteiger partial charge in [0.2, 0.25) is 5.88 Å². The van der Waals surface area contributed by atoms with E-state index in [1.165, 1.54) is 36.4 Å². The van der Waals surface area contributed by atoms with E-state index in [1.54, 1.807) is 24.4 Å². The average molecular weight is 395 g/mol. The van der Waals surface area contributed by atoms with Crippen molar-refractivity contribution in [2.45, 2.75) is 10.4 Å². The number of pyridine rings is 1. The quantitative estimate of drug-likeness (QED) is 0.611. The van der Waals surface area contributed by atoms with E-state index >= 15 is 0 Å². The zero-order chi connectivity index (χ0) is 19.5. The number of para-hydroxylation sites is 1. The van der Waals surface area contributed by atoms with Crippen LogP contribution >= 0.6 is 0 Å². The largest absolute Gasteiger partial charge is 0.502 e. The van der Waals surface area contributed by atoms with Crippen LogP contribution in [0, 0.1) is 0 Å². The molecule has 9 heteroatoms. The summed E-state index contributed by atoms with van der Waals surface area (Å²) in [7, 11) is -5.53. The maximum absolute atomic E-state index is 12.8. The highest BCUT2D eigenvalue weighted by Gasteiger charge is 2.48. The highest BCUT2D eigenvalue weighted by atomic mass is 32.2. The van der Waals surface area contributed by atoms with E-state index < -0.39 is 26.0 Å². The van der Waals surface area contributed by atoms with E-state index in [-0.39, 0.29) is 5.75 Å². The SMILES string of the molecule is O=S(=O)(c1ccccc1Oc1ccc(Oc2ccccn2)cc1)C(F)(F)F. The molecule has 140 valence electrons. The van der Waals surface area contributed by atoms with E-state index in [0.717, 1.165) is 12.1 Å². The molecule has 2 aromatic carbocycles. The summed E-state index contributed by atoms with van der Waals surface area (Å²) in [6.07, 6.45) is 1.56. The normalized spacial score (nSPS) is 11.8. The van der Waals surface area contributed by atoms with Crippen molar-refractivity contribution in [3.8, 4) is 23.1 Å². The van der Waals surface area contributed by atoms with Crippen molar-refractivity contribution >= 4 is 9.84 Å². The minimum absolute atomic E-state index is 0.146. The van der Waals surface area contributed by atoms with Crippen LogP contribution in [0.4, 0.5) is 13.2 Å². The first-order valence-electron chi connectivity index (χ1n) is 7.54. The molecule has 0 spiro atoms. The second-order valence-corrected chi connectivity index (χ2v) is 7.15. The van der Waals surface area contributed by atoms with Crippen molar-refractivity contribution in [1.82, 2.24) is 4.98 Å². The van der Waals surface area contributed by atoms with Gasteiger partial charge in [-0.15, -0.1) is 0 Å². The molecule has 0 saturated carbocycles. The van der Waals surface area contributed by atoms with Crippen LogP contribution in [0.15, 0.2) is 77.8 Å². The zero-order valence-corrected chi connectivity index (χ0v) is 14.4. The lowest BCUT2D eigenvalue weighted by atomic mass is 10.3. The van der Waals surface area contributed by atoms with Gasteiger partial charge in [-0.1, -0.05) is 18.2 Å². The first kappa shape index (κ1) is 18.7. The number of aromatic nitrogens is 1. The van der Waals surface area contributed by atoms with Crippen molar-refractivity contribution < 1.29 is 31.1 Å². The lowest BCUT2D eigenvalue weighted by Gasteiger charge is -2.13. The molecule has 0 fully saturated rings. The van der Waals surface area contributed by atoms with Gasteiger partial charge in [0.05, 0.1) is 0 Å². The summed E-state index contributed by atoms with van der Waals surface area (Å²) in [5, 5.41) is 0. The van der Waals surface area contributed by atoms with Crippen LogP contribution < -0.4 is 9.47 Å². The van der Waals surface area contributed by atoms with Crippen LogP contribution in [0.1, 0.15) is 0 Å². The van der Waals surface area contributed by atoms with E-state index in [2.05, 4.69) is 4.98 Å². The predicted octanol–water partition coefficient (Wildman–Crippen LogP) is 4.96. The third kappa shape index (κ3) is 4.20. The first-order chi connectivity index (χ1) is 12.8. The summed E-state index contributed by atoms with van der Waals surface area (Å²) in [5.41, 5.74) is -5.42. The van der Waals surface area contributed by atoms with Gasteiger partial charge in [0.1, 0.15) is 22.1 Å². The van der Waals surface area contributed by atoms with Gasteiger partial charge in [-0.25, -0.2) is 13.4 Å². The Morgan fingerprint density at radius 2 is 1.37 bits per heavy atom. The summed E-state index contributed by atoms with van der Waals surface area (Å²) < 4.78 is 72.7. The molecule has 0 aliphatic rings. The average Bonchev–Trinajstić information content (AvgIpc) is 2.64. The minimum Gasteiger partial charge on any atom is -0.456 e. The Morgan fingerprint density at radius 3 is 1.96 bits per heavy atom. The number of hydrogen-bond donors (Lipinski definition) is 0. The van der Waals surface area contributed by atoms with E-state index in [9.17, 15) is 21.6 Å². The van der Waals surface area contributed by atoms with E-state index in [1.807, 2.05) is 0 Å². The van der Waals surface area contributed by atoms with Gasteiger partial charge in [-0.3, -0.25) is 0 Å². The highest BCUT2D eigenvalue weighted by molar-refractivity contribution is 7.92. The Balaban J connectivity index is 1.83. The molecule has 0 aliphatic carbocycles. The predicted molar refractivity (Wildman–Crippen MR) is 90.5 cm³/mol. The molecule has 0 radical (unpaired) electrons.